The molecule has 1 fully saturated rings. The van der Waals surface area contributed by atoms with E-state index in [0.29, 0.717) is 6.54 Å². The van der Waals surface area contributed by atoms with E-state index in [0.717, 1.165) is 36.8 Å². The first-order valence-electron chi connectivity index (χ1n) is 7.02. The zero-order valence-corrected chi connectivity index (χ0v) is 12.6. The normalized spacial score (nSPS) is 15.2. The van der Waals surface area contributed by atoms with E-state index in [2.05, 4.69) is 27.8 Å². The van der Waals surface area contributed by atoms with Crippen molar-refractivity contribution >= 4 is 32.7 Å². The number of thiazole rings is 1. The number of urea groups is 1. The van der Waals surface area contributed by atoms with Crippen molar-refractivity contribution < 1.29 is 4.79 Å². The van der Waals surface area contributed by atoms with Gasteiger partial charge in [-0.2, -0.15) is 0 Å². The van der Waals surface area contributed by atoms with Gasteiger partial charge in [-0.15, -0.1) is 6.58 Å². The molecule has 110 valence electrons. The summed E-state index contributed by atoms with van der Waals surface area (Å²) in [5, 5.41) is 3.86. The lowest BCUT2D eigenvalue weighted by molar-refractivity contribution is 0.195. The molecule has 6 heteroatoms. The highest BCUT2D eigenvalue weighted by atomic mass is 32.1. The number of carbonyl (C=O) groups is 1. The van der Waals surface area contributed by atoms with Crippen LogP contribution in [0.15, 0.2) is 36.9 Å². The minimum atomic E-state index is -0.0150. The van der Waals surface area contributed by atoms with Gasteiger partial charge in [0.25, 0.3) is 0 Å². The third kappa shape index (κ3) is 3.00. The van der Waals surface area contributed by atoms with Gasteiger partial charge >= 0.3 is 6.03 Å². The van der Waals surface area contributed by atoms with Gasteiger partial charge in [-0.1, -0.05) is 29.5 Å². The average molecular weight is 302 g/mol. The summed E-state index contributed by atoms with van der Waals surface area (Å²) in [6.07, 6.45) is 1.69. The second-order valence-electron chi connectivity index (χ2n) is 4.91. The van der Waals surface area contributed by atoms with Gasteiger partial charge in [-0.05, 0) is 12.1 Å². The summed E-state index contributed by atoms with van der Waals surface area (Å²) in [4.78, 5) is 20.6. The Morgan fingerprint density at radius 2 is 2.10 bits per heavy atom. The summed E-state index contributed by atoms with van der Waals surface area (Å²) in [5.41, 5.74) is 1.05. The molecule has 0 unspecified atom stereocenters. The fourth-order valence-corrected chi connectivity index (χ4v) is 3.38. The molecule has 2 amide bonds. The summed E-state index contributed by atoms with van der Waals surface area (Å²) in [6, 6.07) is 8.16. The number of carbonyl (C=O) groups excluding carboxylic acids is 1. The lowest BCUT2D eigenvalue weighted by Crippen LogP contribution is -2.51. The van der Waals surface area contributed by atoms with Crippen molar-refractivity contribution in [3.05, 3.63) is 36.9 Å². The minimum Gasteiger partial charge on any atom is -0.345 e. The molecule has 0 radical (unpaired) electrons. The SMILES string of the molecule is C=CCNC(=O)N1CCN(c2nc3ccccc3s2)CC1. The van der Waals surface area contributed by atoms with Gasteiger partial charge in [-0.25, -0.2) is 9.78 Å². The number of benzene rings is 1. The van der Waals surface area contributed by atoms with Crippen molar-refractivity contribution in [1.29, 1.82) is 0 Å². The van der Waals surface area contributed by atoms with E-state index >= 15 is 0 Å². The average Bonchev–Trinajstić information content (AvgIpc) is 2.96. The Kier molecular flexibility index (Phi) is 4.06. The van der Waals surface area contributed by atoms with Crippen LogP contribution in [0.5, 0.6) is 0 Å². The zero-order valence-electron chi connectivity index (χ0n) is 11.8. The number of nitrogens with one attached hydrogen (secondary N) is 1. The first kappa shape index (κ1) is 13.9. The van der Waals surface area contributed by atoms with Crippen molar-refractivity contribution in [3.8, 4) is 0 Å². The predicted molar refractivity (Wildman–Crippen MR) is 87.0 cm³/mol. The summed E-state index contributed by atoms with van der Waals surface area (Å²) in [6.45, 7) is 7.20. The molecule has 5 nitrogen and oxygen atoms in total. The molecule has 0 atom stereocenters. The van der Waals surface area contributed by atoms with Crippen LogP contribution in [-0.2, 0) is 0 Å². The predicted octanol–water partition coefficient (Wildman–Crippen LogP) is 2.31. The molecule has 1 saturated heterocycles. The van der Waals surface area contributed by atoms with Gasteiger partial charge in [0.2, 0.25) is 0 Å². The molecular weight excluding hydrogens is 284 g/mol. The highest BCUT2D eigenvalue weighted by molar-refractivity contribution is 7.22. The molecule has 2 aromatic rings. The Hall–Kier alpha value is -2.08. The van der Waals surface area contributed by atoms with Gasteiger partial charge < -0.3 is 15.1 Å². The fraction of sp³-hybridized carbons (Fsp3) is 0.333. The Morgan fingerprint density at radius 3 is 2.81 bits per heavy atom. The van der Waals surface area contributed by atoms with E-state index in [1.807, 2.05) is 23.1 Å². The number of anilines is 1. The van der Waals surface area contributed by atoms with E-state index in [4.69, 9.17) is 0 Å². The number of aromatic nitrogens is 1. The number of para-hydroxylation sites is 1. The highest BCUT2D eigenvalue weighted by Gasteiger charge is 2.22. The van der Waals surface area contributed by atoms with Gasteiger partial charge in [-0.3, -0.25) is 0 Å². The summed E-state index contributed by atoms with van der Waals surface area (Å²) < 4.78 is 1.21. The Labute approximate surface area is 127 Å². The standard InChI is InChI=1S/C15H18N4OS/c1-2-7-16-14(20)18-8-10-19(11-9-18)15-17-12-5-3-4-6-13(12)21-15/h2-6H,1,7-11H2,(H,16,20). The third-order valence-electron chi connectivity index (χ3n) is 3.52. The van der Waals surface area contributed by atoms with Gasteiger partial charge in [0.15, 0.2) is 5.13 Å². The minimum absolute atomic E-state index is 0.0150. The van der Waals surface area contributed by atoms with Crippen molar-refractivity contribution in [2.45, 2.75) is 0 Å². The topological polar surface area (TPSA) is 48.5 Å². The maximum Gasteiger partial charge on any atom is 0.317 e. The maximum absolute atomic E-state index is 11.9. The van der Waals surface area contributed by atoms with E-state index in [1.54, 1.807) is 17.4 Å². The maximum atomic E-state index is 11.9. The van der Waals surface area contributed by atoms with Crippen LogP contribution in [0.4, 0.5) is 9.93 Å². The molecule has 2 heterocycles. The number of hydrogen-bond donors (Lipinski definition) is 1. The Morgan fingerprint density at radius 1 is 1.33 bits per heavy atom. The quantitative estimate of drug-likeness (QED) is 0.885. The van der Waals surface area contributed by atoms with Crippen LogP contribution in [0.1, 0.15) is 0 Å². The van der Waals surface area contributed by atoms with Crippen LogP contribution < -0.4 is 10.2 Å². The molecule has 0 saturated carbocycles. The van der Waals surface area contributed by atoms with Gasteiger partial charge in [0.05, 0.1) is 10.2 Å². The Balaban J connectivity index is 1.62. The summed E-state index contributed by atoms with van der Waals surface area (Å²) in [5.74, 6) is 0. The first-order valence-corrected chi connectivity index (χ1v) is 7.84. The number of hydrogen-bond acceptors (Lipinski definition) is 4. The van der Waals surface area contributed by atoms with Crippen LogP contribution in [-0.4, -0.2) is 48.6 Å². The lowest BCUT2D eigenvalue weighted by Gasteiger charge is -2.34. The van der Waals surface area contributed by atoms with Crippen LogP contribution >= 0.6 is 11.3 Å². The second kappa shape index (κ2) is 6.13. The Bertz CT molecular complexity index is 613. The first-order chi connectivity index (χ1) is 10.3. The molecule has 1 aromatic carbocycles. The van der Waals surface area contributed by atoms with E-state index in [1.165, 1.54) is 4.70 Å². The van der Waals surface area contributed by atoms with Crippen LogP contribution in [0.3, 0.4) is 0 Å². The lowest BCUT2D eigenvalue weighted by atomic mass is 10.3. The molecule has 1 aliphatic heterocycles. The molecule has 0 spiro atoms. The zero-order chi connectivity index (χ0) is 14.7. The summed E-state index contributed by atoms with van der Waals surface area (Å²) >= 11 is 1.71. The van der Waals surface area contributed by atoms with Gasteiger partial charge in [0.1, 0.15) is 0 Å². The number of nitrogens with zero attached hydrogens (tertiary/aromatic N) is 3. The second-order valence-corrected chi connectivity index (χ2v) is 5.92. The van der Waals surface area contributed by atoms with Crippen molar-refractivity contribution in [3.63, 3.8) is 0 Å². The van der Waals surface area contributed by atoms with Crippen molar-refractivity contribution in [1.82, 2.24) is 15.2 Å². The smallest absolute Gasteiger partial charge is 0.317 e. The monoisotopic (exact) mass is 302 g/mol. The van der Waals surface area contributed by atoms with E-state index in [-0.39, 0.29) is 6.03 Å². The number of amides is 2. The molecule has 1 aliphatic rings. The number of piperazine rings is 1. The summed E-state index contributed by atoms with van der Waals surface area (Å²) in [7, 11) is 0. The molecule has 3 rings (SSSR count). The fourth-order valence-electron chi connectivity index (χ4n) is 2.37. The number of fused-ring (bicyclic) bond motifs is 1. The van der Waals surface area contributed by atoms with Crippen LogP contribution in [0.25, 0.3) is 10.2 Å². The molecule has 0 bridgehead atoms. The molecule has 1 aromatic heterocycles. The van der Waals surface area contributed by atoms with Crippen LogP contribution in [0.2, 0.25) is 0 Å². The molecule has 1 N–H and O–H groups in total. The highest BCUT2D eigenvalue weighted by Crippen LogP contribution is 2.28. The van der Waals surface area contributed by atoms with Crippen molar-refractivity contribution in [2.24, 2.45) is 0 Å². The van der Waals surface area contributed by atoms with Gasteiger partial charge in [0, 0.05) is 32.7 Å². The van der Waals surface area contributed by atoms with Crippen molar-refractivity contribution in [2.75, 3.05) is 37.6 Å². The molecule has 21 heavy (non-hydrogen) atoms. The number of rotatable bonds is 3. The molecular formula is C15H18N4OS. The van der Waals surface area contributed by atoms with E-state index < -0.39 is 0 Å². The van der Waals surface area contributed by atoms with E-state index in [9.17, 15) is 4.79 Å². The third-order valence-corrected chi connectivity index (χ3v) is 4.61. The van der Waals surface area contributed by atoms with Crippen LogP contribution in [0, 0.1) is 0 Å². The molecule has 0 aliphatic carbocycles. The largest absolute Gasteiger partial charge is 0.345 e.